The Balaban J connectivity index is 2.18. The minimum absolute atomic E-state index is 0.162. The first-order chi connectivity index (χ1) is 13.2. The Hall–Kier alpha value is -2.39. The van der Waals surface area contributed by atoms with Gasteiger partial charge in [0, 0.05) is 5.92 Å². The van der Waals surface area contributed by atoms with Crippen LogP contribution in [0.2, 0.25) is 0 Å². The van der Waals surface area contributed by atoms with E-state index in [2.05, 4.69) is 19.1 Å². The number of aliphatic hydroxyl groups is 1. The summed E-state index contributed by atoms with van der Waals surface area (Å²) in [7, 11) is 1.37. The number of hydrogen-bond donors (Lipinski definition) is 1. The highest BCUT2D eigenvalue weighted by molar-refractivity contribution is 5.89. The molecule has 2 rings (SSSR count). The second-order valence-electron chi connectivity index (χ2n) is 6.77. The Labute approximate surface area is 162 Å². The van der Waals surface area contributed by atoms with Crippen LogP contribution < -0.4 is 0 Å². The van der Waals surface area contributed by atoms with E-state index in [4.69, 9.17) is 4.74 Å². The van der Waals surface area contributed by atoms with E-state index in [1.54, 1.807) is 12.1 Å². The molecule has 27 heavy (non-hydrogen) atoms. The van der Waals surface area contributed by atoms with Crippen LogP contribution in [-0.2, 0) is 4.74 Å². The van der Waals surface area contributed by atoms with Gasteiger partial charge in [-0.1, -0.05) is 80.8 Å². The molecule has 0 bridgehead atoms. The van der Waals surface area contributed by atoms with Gasteiger partial charge in [-0.05, 0) is 36.1 Å². The van der Waals surface area contributed by atoms with Gasteiger partial charge in [0.1, 0.15) is 0 Å². The number of aliphatic hydroxyl groups excluding tert-OH is 1. The number of methoxy groups -OCH3 is 1. The summed E-state index contributed by atoms with van der Waals surface area (Å²) in [6.45, 7) is 2.21. The highest BCUT2D eigenvalue weighted by Gasteiger charge is 2.20. The molecule has 144 valence electrons. The quantitative estimate of drug-likeness (QED) is 0.327. The molecule has 0 aliphatic rings. The van der Waals surface area contributed by atoms with Crippen molar-refractivity contribution < 1.29 is 14.6 Å². The Morgan fingerprint density at radius 2 is 1.70 bits per heavy atom. The minimum Gasteiger partial charge on any atom is -0.465 e. The molecule has 0 aliphatic heterocycles. The molecule has 0 unspecified atom stereocenters. The van der Waals surface area contributed by atoms with Crippen molar-refractivity contribution in [1.82, 2.24) is 0 Å². The molecular formula is C24H30O3. The molecule has 0 saturated heterocycles. The van der Waals surface area contributed by atoms with Gasteiger partial charge < -0.3 is 9.84 Å². The van der Waals surface area contributed by atoms with Crippen LogP contribution >= 0.6 is 0 Å². The van der Waals surface area contributed by atoms with Crippen LogP contribution in [0.15, 0.2) is 66.7 Å². The van der Waals surface area contributed by atoms with E-state index in [1.165, 1.54) is 32.8 Å². The van der Waals surface area contributed by atoms with Crippen molar-refractivity contribution in [3.8, 4) is 0 Å². The molecule has 0 spiro atoms. The van der Waals surface area contributed by atoms with Crippen LogP contribution in [0, 0.1) is 0 Å². The van der Waals surface area contributed by atoms with Crippen molar-refractivity contribution in [3.05, 3.63) is 83.4 Å². The number of allylic oxidation sites excluding steroid dienone is 1. The maximum absolute atomic E-state index is 11.7. The highest BCUT2D eigenvalue weighted by atomic mass is 16.5. The van der Waals surface area contributed by atoms with Gasteiger partial charge in [0.25, 0.3) is 0 Å². The molecule has 2 atom stereocenters. The summed E-state index contributed by atoms with van der Waals surface area (Å²) in [4.78, 5) is 11.7. The van der Waals surface area contributed by atoms with Crippen LogP contribution in [0.3, 0.4) is 0 Å². The third-order valence-corrected chi connectivity index (χ3v) is 4.77. The van der Waals surface area contributed by atoms with E-state index in [9.17, 15) is 9.90 Å². The lowest BCUT2D eigenvalue weighted by Crippen LogP contribution is -2.10. The van der Waals surface area contributed by atoms with Gasteiger partial charge in [-0.15, -0.1) is 0 Å². The van der Waals surface area contributed by atoms with Gasteiger partial charge in [0.15, 0.2) is 0 Å². The van der Waals surface area contributed by atoms with E-state index in [1.807, 2.05) is 42.5 Å². The number of carbonyl (C=O) groups excluding carboxylic acids is 1. The fourth-order valence-corrected chi connectivity index (χ4v) is 3.15. The molecule has 0 heterocycles. The van der Waals surface area contributed by atoms with Gasteiger partial charge in [-0.25, -0.2) is 4.79 Å². The Morgan fingerprint density at radius 1 is 1.00 bits per heavy atom. The number of carbonyl (C=O) groups is 1. The molecular weight excluding hydrogens is 336 g/mol. The van der Waals surface area contributed by atoms with Gasteiger partial charge >= 0.3 is 5.97 Å². The van der Waals surface area contributed by atoms with E-state index in [0.29, 0.717) is 5.56 Å². The van der Waals surface area contributed by atoms with Crippen molar-refractivity contribution in [2.24, 2.45) is 0 Å². The van der Waals surface area contributed by atoms with E-state index in [-0.39, 0.29) is 11.9 Å². The third kappa shape index (κ3) is 6.37. The summed E-state index contributed by atoms with van der Waals surface area (Å²) in [5.41, 5.74) is 2.37. The molecule has 0 aliphatic carbocycles. The van der Waals surface area contributed by atoms with Crippen molar-refractivity contribution >= 4 is 5.97 Å². The van der Waals surface area contributed by atoms with Crippen LogP contribution in [0.5, 0.6) is 0 Å². The first-order valence-electron chi connectivity index (χ1n) is 9.75. The number of unbranched alkanes of at least 4 members (excludes halogenated alkanes) is 4. The maximum Gasteiger partial charge on any atom is 0.337 e. The lowest BCUT2D eigenvalue weighted by Gasteiger charge is -2.21. The number of benzene rings is 2. The fourth-order valence-electron chi connectivity index (χ4n) is 3.15. The van der Waals surface area contributed by atoms with Crippen LogP contribution in [-0.4, -0.2) is 18.2 Å². The molecule has 3 heteroatoms. The van der Waals surface area contributed by atoms with Crippen molar-refractivity contribution in [2.45, 2.75) is 51.0 Å². The normalized spacial score (nSPS) is 13.4. The molecule has 0 radical (unpaired) electrons. The summed E-state index contributed by atoms with van der Waals surface area (Å²) in [5, 5.41) is 11.0. The van der Waals surface area contributed by atoms with E-state index < -0.39 is 6.10 Å². The Bertz CT molecular complexity index is 704. The lowest BCUT2D eigenvalue weighted by atomic mass is 9.88. The molecule has 2 aromatic carbocycles. The standard InChI is InChI=1S/C24H30O3/c1-3-4-5-6-7-11-14-22(23(25)20-12-9-8-10-13-20)19-15-17-21(18-16-19)24(26)27-2/h8-18,22-23,25H,3-7H2,1-2H3/b14-11-/t22-,23-/m0/s1. The zero-order valence-corrected chi connectivity index (χ0v) is 16.3. The van der Waals surface area contributed by atoms with Crippen LogP contribution in [0.1, 0.15) is 72.5 Å². The molecule has 0 fully saturated rings. The second kappa shape index (κ2) is 11.3. The van der Waals surface area contributed by atoms with Gasteiger partial charge in [0.2, 0.25) is 0 Å². The maximum atomic E-state index is 11.7. The number of rotatable bonds is 10. The first-order valence-corrected chi connectivity index (χ1v) is 9.75. The van der Waals surface area contributed by atoms with Crippen molar-refractivity contribution in [2.75, 3.05) is 7.11 Å². The lowest BCUT2D eigenvalue weighted by molar-refractivity contribution is 0.0600. The molecule has 3 nitrogen and oxygen atoms in total. The smallest absolute Gasteiger partial charge is 0.337 e. The minimum atomic E-state index is -0.637. The fraction of sp³-hybridized carbons (Fsp3) is 0.375. The molecule has 0 aromatic heterocycles. The summed E-state index contributed by atoms with van der Waals surface area (Å²) >= 11 is 0. The second-order valence-corrected chi connectivity index (χ2v) is 6.77. The summed E-state index contributed by atoms with van der Waals surface area (Å²) < 4.78 is 4.76. The Kier molecular flexibility index (Phi) is 8.79. The highest BCUT2D eigenvalue weighted by Crippen LogP contribution is 2.32. The number of esters is 1. The zero-order valence-electron chi connectivity index (χ0n) is 16.3. The molecule has 1 N–H and O–H groups in total. The summed E-state index contributed by atoms with van der Waals surface area (Å²) in [6, 6.07) is 17.0. The largest absolute Gasteiger partial charge is 0.465 e. The summed E-state index contributed by atoms with van der Waals surface area (Å²) in [6.07, 6.45) is 9.53. The summed E-state index contributed by atoms with van der Waals surface area (Å²) in [5.74, 6) is -0.515. The van der Waals surface area contributed by atoms with Crippen molar-refractivity contribution in [3.63, 3.8) is 0 Å². The van der Waals surface area contributed by atoms with Crippen LogP contribution in [0.25, 0.3) is 0 Å². The monoisotopic (exact) mass is 366 g/mol. The van der Waals surface area contributed by atoms with Gasteiger partial charge in [-0.3, -0.25) is 0 Å². The van der Waals surface area contributed by atoms with Crippen LogP contribution in [0.4, 0.5) is 0 Å². The first kappa shape index (κ1) is 20.9. The predicted molar refractivity (Wildman–Crippen MR) is 110 cm³/mol. The van der Waals surface area contributed by atoms with Crippen molar-refractivity contribution in [1.29, 1.82) is 0 Å². The third-order valence-electron chi connectivity index (χ3n) is 4.77. The SMILES string of the molecule is CCCCCC/C=C\[C@@H](c1ccc(C(=O)OC)cc1)[C@@H](O)c1ccccc1. The van der Waals surface area contributed by atoms with Gasteiger partial charge in [-0.2, -0.15) is 0 Å². The molecule has 0 saturated carbocycles. The molecule has 0 amide bonds. The predicted octanol–water partition coefficient (Wildman–Crippen LogP) is 5.82. The topological polar surface area (TPSA) is 46.5 Å². The molecule has 2 aromatic rings. The van der Waals surface area contributed by atoms with E-state index >= 15 is 0 Å². The average Bonchev–Trinajstić information content (AvgIpc) is 2.73. The number of hydrogen-bond acceptors (Lipinski definition) is 3. The number of ether oxygens (including phenoxy) is 1. The van der Waals surface area contributed by atoms with Gasteiger partial charge in [0.05, 0.1) is 18.8 Å². The zero-order chi connectivity index (χ0) is 19.5. The average molecular weight is 367 g/mol. The Morgan fingerprint density at radius 3 is 2.33 bits per heavy atom. The van der Waals surface area contributed by atoms with E-state index in [0.717, 1.165) is 17.5 Å².